The molecular weight excluding hydrogens is 359 g/mol. The number of amides is 2. The molecule has 0 unspecified atom stereocenters. The largest absolute Gasteiger partial charge is 0.347 e. The van der Waals surface area contributed by atoms with Crippen molar-refractivity contribution in [3.05, 3.63) is 83.3 Å². The highest BCUT2D eigenvalue weighted by Gasteiger charge is 2.14. The summed E-state index contributed by atoms with van der Waals surface area (Å²) in [6, 6.07) is 17.2. The first kappa shape index (κ1) is 19.3. The molecule has 1 aromatic heterocycles. The van der Waals surface area contributed by atoms with E-state index in [1.807, 2.05) is 30.3 Å². The van der Waals surface area contributed by atoms with Gasteiger partial charge in [-0.2, -0.15) is 5.10 Å². The van der Waals surface area contributed by atoms with Gasteiger partial charge in [0.25, 0.3) is 5.91 Å². The molecule has 2 aromatic carbocycles. The van der Waals surface area contributed by atoms with Crippen molar-refractivity contribution < 1.29 is 14.0 Å². The summed E-state index contributed by atoms with van der Waals surface area (Å²) >= 11 is 0. The van der Waals surface area contributed by atoms with E-state index >= 15 is 0 Å². The van der Waals surface area contributed by atoms with E-state index in [0.29, 0.717) is 18.7 Å². The summed E-state index contributed by atoms with van der Waals surface area (Å²) in [6.45, 7) is 0.258. The fourth-order valence-electron chi connectivity index (χ4n) is 2.68. The molecule has 0 saturated carbocycles. The molecule has 0 aliphatic carbocycles. The number of halogens is 1. The van der Waals surface area contributed by atoms with Crippen molar-refractivity contribution in [2.45, 2.75) is 19.4 Å². The number of hydrogen-bond acceptors (Lipinski definition) is 3. The van der Waals surface area contributed by atoms with Gasteiger partial charge in [-0.15, -0.1) is 0 Å². The van der Waals surface area contributed by atoms with E-state index in [9.17, 15) is 14.0 Å². The number of nitrogens with zero attached hydrogens (tertiary/aromatic N) is 2. The maximum absolute atomic E-state index is 12.9. The molecule has 0 aliphatic rings. The Labute approximate surface area is 162 Å². The Morgan fingerprint density at radius 1 is 1.04 bits per heavy atom. The van der Waals surface area contributed by atoms with Crippen LogP contribution in [0, 0.1) is 5.82 Å². The molecule has 0 aliphatic heterocycles. The van der Waals surface area contributed by atoms with E-state index in [-0.39, 0.29) is 29.9 Å². The quantitative estimate of drug-likeness (QED) is 0.661. The van der Waals surface area contributed by atoms with Crippen LogP contribution in [0.25, 0.3) is 0 Å². The second kappa shape index (κ2) is 8.94. The minimum Gasteiger partial charge on any atom is -0.347 e. The van der Waals surface area contributed by atoms with Crippen LogP contribution in [-0.2, 0) is 24.8 Å². The van der Waals surface area contributed by atoms with Crippen LogP contribution in [0.5, 0.6) is 0 Å². The molecule has 3 rings (SSSR count). The molecule has 6 nitrogen and oxygen atoms in total. The molecule has 2 amide bonds. The highest BCUT2D eigenvalue weighted by atomic mass is 19.1. The van der Waals surface area contributed by atoms with Crippen LogP contribution in [-0.4, -0.2) is 21.6 Å². The van der Waals surface area contributed by atoms with Gasteiger partial charge in [0.05, 0.1) is 0 Å². The molecule has 3 aromatic rings. The molecule has 0 bridgehead atoms. The maximum atomic E-state index is 12.9. The molecule has 144 valence electrons. The van der Waals surface area contributed by atoms with Crippen molar-refractivity contribution in [2.75, 3.05) is 5.32 Å². The number of benzene rings is 2. The second-order valence-electron chi connectivity index (χ2n) is 6.38. The van der Waals surface area contributed by atoms with Gasteiger partial charge in [0.1, 0.15) is 11.6 Å². The van der Waals surface area contributed by atoms with E-state index in [4.69, 9.17) is 0 Å². The molecule has 28 heavy (non-hydrogen) atoms. The zero-order valence-corrected chi connectivity index (χ0v) is 15.5. The number of rotatable bonds is 7. The lowest BCUT2D eigenvalue weighted by atomic mass is 10.1. The van der Waals surface area contributed by atoms with E-state index in [1.165, 1.54) is 22.9 Å². The normalized spacial score (nSPS) is 10.5. The molecule has 1 heterocycles. The minimum absolute atomic E-state index is 0.148. The summed E-state index contributed by atoms with van der Waals surface area (Å²) in [5.74, 6) is -0.396. The van der Waals surface area contributed by atoms with Gasteiger partial charge in [0, 0.05) is 26.1 Å². The summed E-state index contributed by atoms with van der Waals surface area (Å²) in [7, 11) is 1.66. The predicted molar refractivity (Wildman–Crippen MR) is 104 cm³/mol. The molecular formula is C21H21FN4O2. The van der Waals surface area contributed by atoms with Gasteiger partial charge in [-0.1, -0.05) is 42.5 Å². The van der Waals surface area contributed by atoms with Crippen molar-refractivity contribution in [3.8, 4) is 0 Å². The predicted octanol–water partition coefficient (Wildman–Crippen LogP) is 3.06. The van der Waals surface area contributed by atoms with Crippen LogP contribution in [0.15, 0.2) is 60.7 Å². The third kappa shape index (κ3) is 5.26. The standard InChI is InChI=1S/C21H21FN4O2/c1-26-19(24-20(27)12-9-15-5-3-2-4-6-15)13-18(25-26)21(28)23-14-16-7-10-17(22)11-8-16/h2-8,10-11,13H,9,12,14H2,1H3,(H,23,28)(H,24,27). The van der Waals surface area contributed by atoms with Crippen LogP contribution >= 0.6 is 0 Å². The number of carbonyl (C=O) groups excluding carboxylic acids is 2. The van der Waals surface area contributed by atoms with Gasteiger partial charge in [-0.05, 0) is 29.7 Å². The number of hydrogen-bond donors (Lipinski definition) is 2. The molecule has 0 atom stereocenters. The number of aromatic nitrogens is 2. The Hall–Kier alpha value is -3.48. The summed E-state index contributed by atoms with van der Waals surface area (Å²) in [4.78, 5) is 24.4. The second-order valence-corrected chi connectivity index (χ2v) is 6.38. The van der Waals surface area contributed by atoms with Gasteiger partial charge in [-0.25, -0.2) is 4.39 Å². The molecule has 7 heteroatoms. The van der Waals surface area contributed by atoms with Gasteiger partial charge >= 0.3 is 0 Å². The number of anilines is 1. The lowest BCUT2D eigenvalue weighted by Gasteiger charge is -2.05. The SMILES string of the molecule is Cn1nc(C(=O)NCc2ccc(F)cc2)cc1NC(=O)CCc1ccccc1. The van der Waals surface area contributed by atoms with E-state index in [2.05, 4.69) is 15.7 Å². The van der Waals surface area contributed by atoms with Crippen molar-refractivity contribution in [1.82, 2.24) is 15.1 Å². The van der Waals surface area contributed by atoms with Crippen LogP contribution in [0.1, 0.15) is 28.0 Å². The average Bonchev–Trinajstić information content (AvgIpc) is 3.07. The zero-order valence-electron chi connectivity index (χ0n) is 15.5. The van der Waals surface area contributed by atoms with Crippen molar-refractivity contribution >= 4 is 17.6 Å². The van der Waals surface area contributed by atoms with Crippen LogP contribution in [0.4, 0.5) is 10.2 Å². The first-order valence-electron chi connectivity index (χ1n) is 8.92. The Bertz CT molecular complexity index is 952. The molecule has 0 radical (unpaired) electrons. The summed E-state index contributed by atoms with van der Waals surface area (Å²) in [5.41, 5.74) is 2.06. The van der Waals surface area contributed by atoms with Crippen LogP contribution < -0.4 is 10.6 Å². The van der Waals surface area contributed by atoms with Crippen molar-refractivity contribution in [1.29, 1.82) is 0 Å². The topological polar surface area (TPSA) is 76.0 Å². The van der Waals surface area contributed by atoms with E-state index in [0.717, 1.165) is 11.1 Å². The van der Waals surface area contributed by atoms with Crippen LogP contribution in [0.2, 0.25) is 0 Å². The van der Waals surface area contributed by atoms with Gasteiger partial charge in [0.2, 0.25) is 5.91 Å². The van der Waals surface area contributed by atoms with E-state index < -0.39 is 0 Å². The van der Waals surface area contributed by atoms with Gasteiger partial charge < -0.3 is 10.6 Å². The first-order valence-corrected chi connectivity index (χ1v) is 8.92. The van der Waals surface area contributed by atoms with Crippen molar-refractivity contribution in [3.63, 3.8) is 0 Å². The van der Waals surface area contributed by atoms with Gasteiger partial charge in [0.15, 0.2) is 5.69 Å². The molecule has 2 N–H and O–H groups in total. The third-order valence-electron chi connectivity index (χ3n) is 4.23. The number of aryl methyl sites for hydroxylation is 2. The van der Waals surface area contributed by atoms with E-state index in [1.54, 1.807) is 19.2 Å². The maximum Gasteiger partial charge on any atom is 0.272 e. The lowest BCUT2D eigenvalue weighted by Crippen LogP contribution is -2.23. The van der Waals surface area contributed by atoms with Crippen molar-refractivity contribution in [2.24, 2.45) is 7.05 Å². The highest BCUT2D eigenvalue weighted by Crippen LogP contribution is 2.11. The lowest BCUT2D eigenvalue weighted by molar-refractivity contribution is -0.116. The zero-order chi connectivity index (χ0) is 19.9. The Balaban J connectivity index is 1.53. The average molecular weight is 380 g/mol. The summed E-state index contributed by atoms with van der Waals surface area (Å²) < 4.78 is 14.4. The fourth-order valence-corrected chi connectivity index (χ4v) is 2.68. The molecule has 0 fully saturated rings. The molecule has 0 saturated heterocycles. The molecule has 0 spiro atoms. The monoisotopic (exact) mass is 380 g/mol. The minimum atomic E-state index is -0.371. The fraction of sp³-hybridized carbons (Fsp3) is 0.190. The first-order chi connectivity index (χ1) is 13.5. The Kier molecular flexibility index (Phi) is 6.16. The van der Waals surface area contributed by atoms with Gasteiger partial charge in [-0.3, -0.25) is 14.3 Å². The van der Waals surface area contributed by atoms with Crippen LogP contribution in [0.3, 0.4) is 0 Å². The Morgan fingerprint density at radius 3 is 2.46 bits per heavy atom. The Morgan fingerprint density at radius 2 is 1.75 bits per heavy atom. The smallest absolute Gasteiger partial charge is 0.272 e. The number of carbonyl (C=O) groups is 2. The third-order valence-corrected chi connectivity index (χ3v) is 4.23. The number of nitrogens with one attached hydrogen (secondary N) is 2. The highest BCUT2D eigenvalue weighted by molar-refractivity contribution is 5.95. The summed E-state index contributed by atoms with van der Waals surface area (Å²) in [6.07, 6.45) is 0.969. The summed E-state index contributed by atoms with van der Waals surface area (Å²) in [5, 5.41) is 9.64.